The molecule has 0 aliphatic rings. The van der Waals surface area contributed by atoms with Gasteiger partial charge in [0.05, 0.1) is 0 Å². The van der Waals surface area contributed by atoms with Crippen molar-refractivity contribution in [2.24, 2.45) is 0 Å². The third-order valence-corrected chi connectivity index (χ3v) is 3.20. The Balaban J connectivity index is 2.55. The number of aliphatic hydroxyl groups is 1. The third kappa shape index (κ3) is 2.33. The molecular formula is C14H15ClN2O. The molecule has 0 amide bonds. The van der Waals surface area contributed by atoms with Crippen molar-refractivity contribution in [1.29, 1.82) is 0 Å². The van der Waals surface area contributed by atoms with Crippen molar-refractivity contribution in [3.05, 3.63) is 59.9 Å². The van der Waals surface area contributed by atoms with Crippen LogP contribution in [0.1, 0.15) is 17.5 Å². The first-order valence-electron chi connectivity index (χ1n) is 5.72. The van der Waals surface area contributed by atoms with Crippen LogP contribution < -0.4 is 5.73 Å². The maximum Gasteiger partial charge on any atom is 0.119 e. The lowest BCUT2D eigenvalue weighted by Gasteiger charge is -2.29. The van der Waals surface area contributed by atoms with Gasteiger partial charge >= 0.3 is 0 Å². The van der Waals surface area contributed by atoms with E-state index in [0.717, 1.165) is 5.56 Å². The van der Waals surface area contributed by atoms with Crippen LogP contribution in [0.5, 0.6) is 0 Å². The number of rotatable bonds is 4. The minimum atomic E-state index is -1.19. The summed E-state index contributed by atoms with van der Waals surface area (Å²) in [5.74, 6) is 0.333. The van der Waals surface area contributed by atoms with Gasteiger partial charge in [0, 0.05) is 29.5 Å². The minimum absolute atomic E-state index is 0.333. The van der Waals surface area contributed by atoms with E-state index in [1.54, 1.807) is 18.5 Å². The molecule has 1 unspecified atom stereocenters. The van der Waals surface area contributed by atoms with Crippen LogP contribution in [0, 0.1) is 0 Å². The SMILES string of the molecule is Nc1ccncc1C(O)(CCCl)c1ccccc1. The van der Waals surface area contributed by atoms with Crippen molar-refractivity contribution < 1.29 is 5.11 Å². The van der Waals surface area contributed by atoms with Gasteiger partial charge in [0.25, 0.3) is 0 Å². The van der Waals surface area contributed by atoms with E-state index in [-0.39, 0.29) is 0 Å². The Bertz CT molecular complexity index is 518. The van der Waals surface area contributed by atoms with E-state index in [2.05, 4.69) is 4.98 Å². The van der Waals surface area contributed by atoms with Gasteiger partial charge in [0.1, 0.15) is 5.60 Å². The molecule has 0 aliphatic carbocycles. The van der Waals surface area contributed by atoms with Crippen molar-refractivity contribution >= 4 is 17.3 Å². The zero-order valence-electron chi connectivity index (χ0n) is 9.88. The first-order valence-corrected chi connectivity index (χ1v) is 6.26. The lowest BCUT2D eigenvalue weighted by molar-refractivity contribution is 0.0779. The molecule has 0 fully saturated rings. The van der Waals surface area contributed by atoms with Gasteiger partial charge in [-0.05, 0) is 18.1 Å². The average Bonchev–Trinajstić information content (AvgIpc) is 2.40. The van der Waals surface area contributed by atoms with E-state index < -0.39 is 5.60 Å². The predicted octanol–water partition coefficient (Wildman–Crippen LogP) is 2.53. The van der Waals surface area contributed by atoms with Gasteiger partial charge < -0.3 is 10.8 Å². The molecule has 0 saturated heterocycles. The number of nitrogens with two attached hydrogens (primary N) is 1. The molecule has 0 bridgehead atoms. The summed E-state index contributed by atoms with van der Waals surface area (Å²) in [6.45, 7) is 0. The molecule has 0 radical (unpaired) electrons. The molecule has 0 aliphatic heterocycles. The molecule has 3 nitrogen and oxygen atoms in total. The number of aromatic nitrogens is 1. The molecule has 0 saturated carbocycles. The zero-order chi connectivity index (χ0) is 13.0. The van der Waals surface area contributed by atoms with Crippen LogP contribution in [0.2, 0.25) is 0 Å². The summed E-state index contributed by atoms with van der Waals surface area (Å²) in [6.07, 6.45) is 3.58. The third-order valence-electron chi connectivity index (χ3n) is 3.01. The summed E-state index contributed by atoms with van der Waals surface area (Å²) >= 11 is 5.82. The van der Waals surface area contributed by atoms with Gasteiger partial charge in [-0.2, -0.15) is 0 Å². The van der Waals surface area contributed by atoms with Gasteiger partial charge in [-0.1, -0.05) is 30.3 Å². The van der Waals surface area contributed by atoms with E-state index in [1.807, 2.05) is 30.3 Å². The molecule has 2 rings (SSSR count). The van der Waals surface area contributed by atoms with Gasteiger partial charge in [-0.3, -0.25) is 4.98 Å². The minimum Gasteiger partial charge on any atom is -0.398 e. The Kier molecular flexibility index (Phi) is 3.84. The van der Waals surface area contributed by atoms with Crippen LogP contribution in [0.4, 0.5) is 5.69 Å². The number of alkyl halides is 1. The van der Waals surface area contributed by atoms with Crippen LogP contribution in [0.3, 0.4) is 0 Å². The molecule has 2 aromatic rings. The maximum atomic E-state index is 10.9. The fourth-order valence-electron chi connectivity index (χ4n) is 2.04. The van der Waals surface area contributed by atoms with Crippen molar-refractivity contribution in [3.63, 3.8) is 0 Å². The Morgan fingerprint density at radius 3 is 2.56 bits per heavy atom. The van der Waals surface area contributed by atoms with Gasteiger partial charge in [-0.25, -0.2) is 0 Å². The van der Waals surface area contributed by atoms with E-state index in [9.17, 15) is 5.11 Å². The first-order chi connectivity index (χ1) is 8.68. The highest BCUT2D eigenvalue weighted by molar-refractivity contribution is 6.17. The fraction of sp³-hybridized carbons (Fsp3) is 0.214. The molecule has 94 valence electrons. The van der Waals surface area contributed by atoms with E-state index in [4.69, 9.17) is 17.3 Å². The summed E-state index contributed by atoms with van der Waals surface area (Å²) in [7, 11) is 0. The van der Waals surface area contributed by atoms with Crippen LogP contribution in [0.15, 0.2) is 48.8 Å². The highest BCUT2D eigenvalue weighted by Crippen LogP contribution is 2.35. The number of anilines is 1. The van der Waals surface area contributed by atoms with Crippen LogP contribution in [-0.2, 0) is 5.60 Å². The second-order valence-electron chi connectivity index (χ2n) is 4.13. The normalized spacial score (nSPS) is 14.1. The second-order valence-corrected chi connectivity index (χ2v) is 4.51. The number of hydrogen-bond acceptors (Lipinski definition) is 3. The lowest BCUT2D eigenvalue weighted by atomic mass is 9.84. The van der Waals surface area contributed by atoms with Crippen molar-refractivity contribution in [1.82, 2.24) is 4.98 Å². The summed E-state index contributed by atoms with van der Waals surface area (Å²) in [5, 5.41) is 10.9. The zero-order valence-corrected chi connectivity index (χ0v) is 10.6. The summed E-state index contributed by atoms with van der Waals surface area (Å²) in [5.41, 5.74) is 6.62. The molecular weight excluding hydrogens is 248 g/mol. The fourth-order valence-corrected chi connectivity index (χ4v) is 2.31. The molecule has 18 heavy (non-hydrogen) atoms. The second kappa shape index (κ2) is 5.38. The number of benzene rings is 1. The summed E-state index contributed by atoms with van der Waals surface area (Å²) in [6, 6.07) is 11.1. The van der Waals surface area contributed by atoms with Crippen LogP contribution >= 0.6 is 11.6 Å². The first kappa shape index (κ1) is 12.9. The predicted molar refractivity (Wildman–Crippen MR) is 73.4 cm³/mol. The highest BCUT2D eigenvalue weighted by Gasteiger charge is 2.32. The van der Waals surface area contributed by atoms with Crippen LogP contribution in [0.25, 0.3) is 0 Å². The van der Waals surface area contributed by atoms with Crippen LogP contribution in [-0.4, -0.2) is 16.0 Å². The molecule has 4 heteroatoms. The van der Waals surface area contributed by atoms with Crippen molar-refractivity contribution in [2.75, 3.05) is 11.6 Å². The van der Waals surface area contributed by atoms with E-state index in [1.165, 1.54) is 0 Å². The van der Waals surface area contributed by atoms with Gasteiger partial charge in [0.2, 0.25) is 0 Å². The quantitative estimate of drug-likeness (QED) is 0.833. The molecule has 1 heterocycles. The lowest BCUT2D eigenvalue weighted by Crippen LogP contribution is -2.29. The summed E-state index contributed by atoms with van der Waals surface area (Å²) < 4.78 is 0. The molecule has 0 spiro atoms. The van der Waals surface area contributed by atoms with Gasteiger partial charge in [-0.15, -0.1) is 11.6 Å². The monoisotopic (exact) mass is 262 g/mol. The Morgan fingerprint density at radius 1 is 1.22 bits per heavy atom. The Morgan fingerprint density at radius 2 is 1.94 bits per heavy atom. The highest BCUT2D eigenvalue weighted by atomic mass is 35.5. The standard InChI is InChI=1S/C14H15ClN2O/c15-8-7-14(18,11-4-2-1-3-5-11)12-10-17-9-6-13(12)16/h1-6,9-10,18H,7-8H2,(H2,16,17). The number of hydrogen-bond donors (Lipinski definition) is 2. The van der Waals surface area contributed by atoms with Crippen molar-refractivity contribution in [3.8, 4) is 0 Å². The Hall–Kier alpha value is -1.58. The maximum absolute atomic E-state index is 10.9. The molecule has 1 aromatic carbocycles. The molecule has 3 N–H and O–H groups in total. The Labute approximate surface area is 111 Å². The topological polar surface area (TPSA) is 59.1 Å². The smallest absolute Gasteiger partial charge is 0.119 e. The number of nitrogen functional groups attached to an aromatic ring is 1. The summed E-state index contributed by atoms with van der Waals surface area (Å²) in [4.78, 5) is 4.04. The number of pyridine rings is 1. The molecule has 1 atom stereocenters. The van der Waals surface area contributed by atoms with Gasteiger partial charge in [0.15, 0.2) is 0 Å². The van der Waals surface area contributed by atoms with E-state index in [0.29, 0.717) is 23.6 Å². The number of nitrogens with zero attached hydrogens (tertiary/aromatic N) is 1. The van der Waals surface area contributed by atoms with E-state index >= 15 is 0 Å². The average molecular weight is 263 g/mol. The molecule has 1 aromatic heterocycles. The largest absolute Gasteiger partial charge is 0.398 e. The number of halogens is 1. The van der Waals surface area contributed by atoms with Crippen molar-refractivity contribution in [2.45, 2.75) is 12.0 Å².